The SMILES string of the molecule is C[C@@H]1CCC[C@@H](C)N1C(=O)COC(=O)c1cccc(NC(N)=O)c1. The molecule has 1 aromatic rings. The number of carbonyl (C=O) groups excluding carboxylic acids is 3. The number of amides is 3. The number of nitrogens with zero attached hydrogens (tertiary/aromatic N) is 1. The van der Waals surface area contributed by atoms with Crippen LogP contribution in [0.3, 0.4) is 0 Å². The summed E-state index contributed by atoms with van der Waals surface area (Å²) in [5.41, 5.74) is 5.68. The molecule has 2 atom stereocenters. The molecule has 1 aliphatic rings. The summed E-state index contributed by atoms with van der Waals surface area (Å²) in [5.74, 6) is -0.803. The average Bonchev–Trinajstić information content (AvgIpc) is 2.52. The van der Waals surface area contributed by atoms with Crippen LogP contribution in [0.4, 0.5) is 10.5 Å². The second-order valence-electron chi connectivity index (χ2n) is 6.08. The molecule has 1 saturated heterocycles. The van der Waals surface area contributed by atoms with Gasteiger partial charge in [0.15, 0.2) is 6.61 Å². The number of carbonyl (C=O) groups is 3. The zero-order valence-electron chi connectivity index (χ0n) is 14.0. The van der Waals surface area contributed by atoms with Crippen LogP contribution in [-0.2, 0) is 9.53 Å². The van der Waals surface area contributed by atoms with Gasteiger partial charge in [0.2, 0.25) is 0 Å². The summed E-state index contributed by atoms with van der Waals surface area (Å²) in [6.07, 6.45) is 3.03. The molecule has 2 rings (SSSR count). The molecule has 0 spiro atoms. The van der Waals surface area contributed by atoms with Crippen LogP contribution in [-0.4, -0.2) is 41.5 Å². The van der Waals surface area contributed by atoms with Gasteiger partial charge < -0.3 is 20.7 Å². The highest BCUT2D eigenvalue weighted by molar-refractivity contribution is 5.94. The van der Waals surface area contributed by atoms with Gasteiger partial charge in [0.05, 0.1) is 5.56 Å². The Hall–Kier alpha value is -2.57. The van der Waals surface area contributed by atoms with Crippen molar-refractivity contribution >= 4 is 23.6 Å². The Kier molecular flexibility index (Phi) is 5.78. The Morgan fingerprint density at radius 2 is 1.92 bits per heavy atom. The number of nitrogens with two attached hydrogens (primary N) is 1. The van der Waals surface area contributed by atoms with E-state index in [1.165, 1.54) is 6.07 Å². The van der Waals surface area contributed by atoms with Crippen molar-refractivity contribution in [1.29, 1.82) is 0 Å². The van der Waals surface area contributed by atoms with E-state index in [9.17, 15) is 14.4 Å². The predicted molar refractivity (Wildman–Crippen MR) is 89.6 cm³/mol. The topological polar surface area (TPSA) is 102 Å². The fourth-order valence-corrected chi connectivity index (χ4v) is 3.06. The molecule has 0 aromatic heterocycles. The normalized spacial score (nSPS) is 20.3. The Labute approximate surface area is 141 Å². The predicted octanol–water partition coefficient (Wildman–Crippen LogP) is 2.12. The first-order valence-corrected chi connectivity index (χ1v) is 8.03. The minimum atomic E-state index is -0.719. The fraction of sp³-hybridized carbons (Fsp3) is 0.471. The third kappa shape index (κ3) is 4.47. The fourth-order valence-electron chi connectivity index (χ4n) is 3.06. The van der Waals surface area contributed by atoms with Crippen molar-refractivity contribution in [2.45, 2.75) is 45.2 Å². The van der Waals surface area contributed by atoms with Crippen LogP contribution in [0.2, 0.25) is 0 Å². The number of rotatable bonds is 4. The molecular formula is C17H23N3O4. The van der Waals surface area contributed by atoms with E-state index in [-0.39, 0.29) is 30.2 Å². The van der Waals surface area contributed by atoms with E-state index in [4.69, 9.17) is 10.5 Å². The van der Waals surface area contributed by atoms with E-state index in [2.05, 4.69) is 5.32 Å². The molecule has 0 saturated carbocycles. The number of benzene rings is 1. The molecule has 0 unspecified atom stereocenters. The van der Waals surface area contributed by atoms with Gasteiger partial charge in [-0.05, 0) is 51.3 Å². The van der Waals surface area contributed by atoms with Crippen LogP contribution < -0.4 is 11.1 Å². The van der Waals surface area contributed by atoms with Gasteiger partial charge in [-0.15, -0.1) is 0 Å². The summed E-state index contributed by atoms with van der Waals surface area (Å²) in [4.78, 5) is 37.1. The molecule has 3 amide bonds. The van der Waals surface area contributed by atoms with Gasteiger partial charge in [0, 0.05) is 17.8 Å². The highest BCUT2D eigenvalue weighted by Gasteiger charge is 2.29. The van der Waals surface area contributed by atoms with Gasteiger partial charge in [-0.25, -0.2) is 9.59 Å². The van der Waals surface area contributed by atoms with Gasteiger partial charge in [-0.2, -0.15) is 0 Å². The number of hydrogen-bond acceptors (Lipinski definition) is 4. The maximum atomic E-state index is 12.3. The second-order valence-corrected chi connectivity index (χ2v) is 6.08. The van der Waals surface area contributed by atoms with Gasteiger partial charge >= 0.3 is 12.0 Å². The molecule has 1 fully saturated rings. The minimum Gasteiger partial charge on any atom is -0.452 e. The quantitative estimate of drug-likeness (QED) is 0.824. The Bertz CT molecular complexity index is 622. The smallest absolute Gasteiger partial charge is 0.338 e. The number of hydrogen-bond donors (Lipinski definition) is 2. The molecule has 1 aliphatic heterocycles. The van der Waals surface area contributed by atoms with E-state index < -0.39 is 12.0 Å². The third-order valence-corrected chi connectivity index (χ3v) is 4.17. The number of anilines is 1. The largest absolute Gasteiger partial charge is 0.452 e. The third-order valence-electron chi connectivity index (χ3n) is 4.17. The lowest BCUT2D eigenvalue weighted by molar-refractivity contribution is -0.140. The van der Waals surface area contributed by atoms with E-state index in [1.807, 2.05) is 13.8 Å². The van der Waals surface area contributed by atoms with Gasteiger partial charge in [0.1, 0.15) is 0 Å². The Morgan fingerprint density at radius 3 is 2.54 bits per heavy atom. The lowest BCUT2D eigenvalue weighted by Gasteiger charge is -2.38. The zero-order chi connectivity index (χ0) is 17.7. The van der Waals surface area contributed by atoms with Crippen molar-refractivity contribution in [2.24, 2.45) is 5.73 Å². The van der Waals surface area contributed by atoms with Crippen LogP contribution in [0.15, 0.2) is 24.3 Å². The molecule has 0 bridgehead atoms. The molecule has 3 N–H and O–H groups in total. The molecule has 1 aromatic carbocycles. The monoisotopic (exact) mass is 333 g/mol. The Morgan fingerprint density at radius 1 is 1.25 bits per heavy atom. The van der Waals surface area contributed by atoms with Crippen LogP contribution >= 0.6 is 0 Å². The molecule has 7 nitrogen and oxygen atoms in total. The maximum absolute atomic E-state index is 12.3. The summed E-state index contributed by atoms with van der Waals surface area (Å²) in [5, 5.41) is 2.38. The number of urea groups is 1. The summed E-state index contributed by atoms with van der Waals surface area (Å²) in [6.45, 7) is 3.73. The number of nitrogens with one attached hydrogen (secondary N) is 1. The van der Waals surface area contributed by atoms with Crippen molar-refractivity contribution in [3.05, 3.63) is 29.8 Å². The number of piperidine rings is 1. The number of ether oxygens (including phenoxy) is 1. The van der Waals surface area contributed by atoms with Crippen molar-refractivity contribution in [2.75, 3.05) is 11.9 Å². The standard InChI is InChI=1S/C17H23N3O4/c1-11-5-3-6-12(2)20(11)15(21)10-24-16(22)13-7-4-8-14(9-13)19-17(18)23/h4,7-9,11-12H,3,5-6,10H2,1-2H3,(H3,18,19,23)/t11-,12-/m1/s1. The van der Waals surface area contributed by atoms with Crippen LogP contribution in [0.5, 0.6) is 0 Å². The number of likely N-dealkylation sites (tertiary alicyclic amines) is 1. The van der Waals surface area contributed by atoms with Gasteiger partial charge in [0.25, 0.3) is 5.91 Å². The van der Waals surface area contributed by atoms with E-state index in [1.54, 1.807) is 23.1 Å². The Balaban J connectivity index is 1.95. The second kappa shape index (κ2) is 7.81. The molecule has 0 aliphatic carbocycles. The number of primary amides is 1. The minimum absolute atomic E-state index is 0.156. The molecule has 7 heteroatoms. The maximum Gasteiger partial charge on any atom is 0.338 e. The van der Waals surface area contributed by atoms with Crippen LogP contribution in [0.25, 0.3) is 0 Å². The summed E-state index contributed by atoms with van der Waals surface area (Å²) < 4.78 is 5.13. The zero-order valence-corrected chi connectivity index (χ0v) is 14.0. The average molecular weight is 333 g/mol. The first kappa shape index (κ1) is 17.8. The van der Waals surface area contributed by atoms with E-state index in [0.29, 0.717) is 5.69 Å². The first-order chi connectivity index (χ1) is 11.4. The van der Waals surface area contributed by atoms with Crippen molar-refractivity contribution in [1.82, 2.24) is 4.90 Å². The lowest BCUT2D eigenvalue weighted by Crippen LogP contribution is -2.49. The van der Waals surface area contributed by atoms with Crippen LogP contribution in [0, 0.1) is 0 Å². The molecular weight excluding hydrogens is 310 g/mol. The number of esters is 1. The first-order valence-electron chi connectivity index (χ1n) is 8.03. The molecule has 24 heavy (non-hydrogen) atoms. The van der Waals surface area contributed by atoms with Crippen molar-refractivity contribution in [3.63, 3.8) is 0 Å². The van der Waals surface area contributed by atoms with E-state index >= 15 is 0 Å². The molecule has 130 valence electrons. The summed E-state index contributed by atoms with van der Waals surface area (Å²) >= 11 is 0. The van der Waals surface area contributed by atoms with Gasteiger partial charge in [-0.1, -0.05) is 6.07 Å². The summed E-state index contributed by atoms with van der Waals surface area (Å²) in [6, 6.07) is 5.78. The van der Waals surface area contributed by atoms with Crippen molar-refractivity contribution < 1.29 is 19.1 Å². The van der Waals surface area contributed by atoms with Crippen LogP contribution in [0.1, 0.15) is 43.5 Å². The highest BCUT2D eigenvalue weighted by atomic mass is 16.5. The molecule has 0 radical (unpaired) electrons. The highest BCUT2D eigenvalue weighted by Crippen LogP contribution is 2.22. The molecule has 1 heterocycles. The van der Waals surface area contributed by atoms with Crippen molar-refractivity contribution in [3.8, 4) is 0 Å². The van der Waals surface area contributed by atoms with Gasteiger partial charge in [-0.3, -0.25) is 4.79 Å². The van der Waals surface area contributed by atoms with E-state index in [0.717, 1.165) is 19.3 Å². The summed E-state index contributed by atoms with van der Waals surface area (Å²) in [7, 11) is 0. The lowest BCUT2D eigenvalue weighted by atomic mass is 9.97.